The second-order valence-corrected chi connectivity index (χ2v) is 28.1. The lowest BCUT2D eigenvalue weighted by Gasteiger charge is -2.26. The molecule has 276 valence electrons. The average molecular weight is 756 g/mol. The van der Waals surface area contributed by atoms with Crippen molar-refractivity contribution < 1.29 is 8.83 Å². The van der Waals surface area contributed by atoms with Crippen molar-refractivity contribution >= 4 is 81.7 Å². The topological polar surface area (TPSA) is 57.0 Å². The summed E-state index contributed by atoms with van der Waals surface area (Å²) in [6.45, 7) is 24.1. The lowest BCUT2D eigenvalue weighted by Crippen LogP contribution is -2.45. The van der Waals surface area contributed by atoms with Crippen LogP contribution in [0.1, 0.15) is 50.7 Å². The molecule has 0 fully saturated rings. The third-order valence-corrected chi connectivity index (χ3v) is 15.3. The first-order valence-corrected chi connectivity index (χ1v) is 26.6. The van der Waals surface area contributed by atoms with Gasteiger partial charge in [0.1, 0.15) is 22.5 Å². The van der Waals surface area contributed by atoms with Gasteiger partial charge in [0.25, 0.3) is 0 Å². The third kappa shape index (κ3) is 5.87. The van der Waals surface area contributed by atoms with E-state index in [1.165, 1.54) is 38.3 Å². The van der Waals surface area contributed by atoms with Gasteiger partial charge in [0.05, 0.1) is 43.8 Å². The van der Waals surface area contributed by atoms with Gasteiger partial charge in [-0.1, -0.05) is 132 Å². The van der Waals surface area contributed by atoms with Crippen LogP contribution in [0.4, 0.5) is 0 Å². The van der Waals surface area contributed by atoms with E-state index in [9.17, 15) is 0 Å². The number of benzene rings is 5. The fraction of sp³-hybridized carbons (Fsp3) is 0.250. The first-order valence-electron chi connectivity index (χ1n) is 19.6. The van der Waals surface area contributed by atoms with Crippen LogP contribution >= 0.6 is 0 Å². The molecular formula is C48H49N3O2Si2. The van der Waals surface area contributed by atoms with Gasteiger partial charge in [-0.3, -0.25) is 4.57 Å². The predicted molar refractivity (Wildman–Crippen MR) is 238 cm³/mol. The highest BCUT2D eigenvalue weighted by atomic mass is 28.3. The van der Waals surface area contributed by atoms with E-state index in [1.807, 2.05) is 18.2 Å². The number of para-hydroxylation sites is 4. The van der Waals surface area contributed by atoms with Crippen molar-refractivity contribution in [2.45, 2.75) is 78.8 Å². The largest absolute Gasteiger partial charge is 0.454 e. The molecule has 9 aromatic rings. The fourth-order valence-electron chi connectivity index (χ4n) is 8.10. The van der Waals surface area contributed by atoms with Crippen LogP contribution in [0.15, 0.2) is 112 Å². The number of imidazole rings is 1. The Morgan fingerprint density at radius 3 is 1.85 bits per heavy atom. The molecule has 5 aromatic carbocycles. The van der Waals surface area contributed by atoms with E-state index in [0.717, 1.165) is 60.8 Å². The summed E-state index contributed by atoms with van der Waals surface area (Å²) in [7, 11) is -3.15. The summed E-state index contributed by atoms with van der Waals surface area (Å²) in [5, 5.41) is 5.96. The van der Waals surface area contributed by atoms with Crippen LogP contribution in [0.2, 0.25) is 39.3 Å². The van der Waals surface area contributed by atoms with E-state index < -0.39 is 16.1 Å². The number of hydrogen-bond donors (Lipinski definition) is 0. The maximum atomic E-state index is 6.76. The van der Waals surface area contributed by atoms with Crippen molar-refractivity contribution in [2.75, 3.05) is 0 Å². The Balaban J connectivity index is 1.32. The maximum absolute atomic E-state index is 6.76. The van der Waals surface area contributed by atoms with E-state index in [-0.39, 0.29) is 11.8 Å². The van der Waals surface area contributed by atoms with Crippen molar-refractivity contribution in [3.63, 3.8) is 0 Å². The van der Waals surface area contributed by atoms with E-state index in [2.05, 4.69) is 156 Å². The Hall–Kier alpha value is -5.25. The second kappa shape index (κ2) is 12.6. The molecule has 4 aromatic heterocycles. The fourth-order valence-corrected chi connectivity index (χ4v) is 10.6. The predicted octanol–water partition coefficient (Wildman–Crippen LogP) is 12.9. The molecule has 0 N–H and O–H groups in total. The minimum Gasteiger partial charge on any atom is -0.454 e. The van der Waals surface area contributed by atoms with Gasteiger partial charge in [-0.2, -0.15) is 0 Å². The molecule has 0 spiro atoms. The van der Waals surface area contributed by atoms with Gasteiger partial charge in [-0.05, 0) is 82.6 Å². The highest BCUT2D eigenvalue weighted by Gasteiger charge is 2.28. The summed E-state index contributed by atoms with van der Waals surface area (Å²) in [5.41, 5.74) is 13.2. The zero-order valence-electron chi connectivity index (χ0n) is 33.6. The molecular weight excluding hydrogens is 707 g/mol. The lowest BCUT2D eigenvalue weighted by atomic mass is 9.88. The van der Waals surface area contributed by atoms with E-state index in [4.69, 9.17) is 18.8 Å². The van der Waals surface area contributed by atoms with E-state index in [0.29, 0.717) is 5.71 Å². The molecule has 0 saturated carbocycles. The molecule has 0 amide bonds. The Labute approximate surface area is 325 Å². The molecule has 0 aliphatic heterocycles. The van der Waals surface area contributed by atoms with Gasteiger partial charge in [0.15, 0.2) is 5.58 Å². The number of pyridine rings is 1. The van der Waals surface area contributed by atoms with Gasteiger partial charge >= 0.3 is 0 Å². The summed E-state index contributed by atoms with van der Waals surface area (Å²) in [6, 6.07) is 37.4. The molecule has 0 saturated heterocycles. The quantitative estimate of drug-likeness (QED) is 0.152. The summed E-state index contributed by atoms with van der Waals surface area (Å²) >= 11 is 0. The molecule has 0 radical (unpaired) electrons. The maximum Gasteiger partial charge on any atom is 0.228 e. The molecule has 55 heavy (non-hydrogen) atoms. The normalized spacial score (nSPS) is 12.9. The molecule has 0 bridgehead atoms. The average Bonchev–Trinajstić information content (AvgIpc) is 3.83. The number of hydrogen-bond acceptors (Lipinski definition) is 4. The Bertz CT molecular complexity index is 2910. The van der Waals surface area contributed by atoms with Gasteiger partial charge in [0, 0.05) is 10.8 Å². The number of rotatable bonds is 7. The van der Waals surface area contributed by atoms with Crippen LogP contribution < -0.4 is 10.4 Å². The Morgan fingerprint density at radius 2 is 1.18 bits per heavy atom. The van der Waals surface area contributed by atoms with Crippen LogP contribution in [0.25, 0.3) is 83.4 Å². The number of fused-ring (bicyclic) bond motifs is 7. The Morgan fingerprint density at radius 1 is 0.564 bits per heavy atom. The van der Waals surface area contributed by atoms with Crippen LogP contribution in [-0.4, -0.2) is 30.7 Å². The van der Waals surface area contributed by atoms with Gasteiger partial charge < -0.3 is 8.83 Å². The van der Waals surface area contributed by atoms with Crippen molar-refractivity contribution in [2.24, 2.45) is 0 Å². The molecule has 4 heterocycles. The summed E-state index contributed by atoms with van der Waals surface area (Å²) in [4.78, 5) is 10.4. The lowest BCUT2D eigenvalue weighted by molar-refractivity contribution is 0.652. The summed E-state index contributed by atoms with van der Waals surface area (Å²) < 4.78 is 15.4. The summed E-state index contributed by atoms with van der Waals surface area (Å²) in [5.74, 6) is 1.38. The third-order valence-electron chi connectivity index (χ3n) is 11.3. The molecule has 0 atom stereocenters. The zero-order valence-corrected chi connectivity index (χ0v) is 35.6. The Kier molecular flexibility index (Phi) is 8.15. The first-order chi connectivity index (χ1) is 26.2. The van der Waals surface area contributed by atoms with E-state index in [1.54, 1.807) is 0 Å². The van der Waals surface area contributed by atoms with Crippen molar-refractivity contribution in [3.8, 4) is 28.2 Å². The second-order valence-electron chi connectivity index (χ2n) is 17.9. The van der Waals surface area contributed by atoms with Gasteiger partial charge in [-0.15, -0.1) is 0 Å². The van der Waals surface area contributed by atoms with Gasteiger partial charge in [-0.25, -0.2) is 9.97 Å². The first kappa shape index (κ1) is 35.5. The van der Waals surface area contributed by atoms with Crippen LogP contribution in [-0.2, 0) is 0 Å². The monoisotopic (exact) mass is 755 g/mol. The van der Waals surface area contributed by atoms with Crippen LogP contribution in [0, 0.1) is 0 Å². The van der Waals surface area contributed by atoms with Crippen molar-refractivity contribution in [1.82, 2.24) is 14.5 Å². The smallest absolute Gasteiger partial charge is 0.228 e. The molecule has 0 aliphatic rings. The number of aromatic nitrogens is 3. The van der Waals surface area contributed by atoms with E-state index >= 15 is 0 Å². The highest BCUT2D eigenvalue weighted by molar-refractivity contribution is 6.91. The van der Waals surface area contributed by atoms with Crippen molar-refractivity contribution in [1.29, 1.82) is 0 Å². The standard InChI is InChI=1S/C48H49N3O2Si2/c1-28(2)37-24-31(30-22-32(54(5,6)7)26-33(23-30)55(8,9)10)25-38(29(3)4)45(37)51-41-20-13-12-19-40(41)49-47(51)36-18-15-17-34-39-27-43-44(50-48(39)53-46(34)36)35-16-11-14-21-42(35)52-43/h11-29H,1-10H3. The summed E-state index contributed by atoms with van der Waals surface area (Å²) in [6.07, 6.45) is 0. The number of nitrogens with zero attached hydrogens (tertiary/aromatic N) is 3. The SMILES string of the molecule is CC(C)c1cc(-c2cc([Si](C)(C)C)cc([Si](C)(C)C)c2)cc(C(C)C)c1-n1c(-c2cccc3c2oc2nc4c(cc23)oc2ccccc24)nc2ccccc21. The zero-order chi connectivity index (χ0) is 38.6. The van der Waals surface area contributed by atoms with Crippen molar-refractivity contribution in [3.05, 3.63) is 114 Å². The van der Waals surface area contributed by atoms with Gasteiger partial charge in [0.2, 0.25) is 5.71 Å². The minimum atomic E-state index is -1.58. The molecule has 9 rings (SSSR count). The molecule has 0 unspecified atom stereocenters. The highest BCUT2D eigenvalue weighted by Crippen LogP contribution is 2.43. The van der Waals surface area contributed by atoms with Crippen LogP contribution in [0.5, 0.6) is 0 Å². The van der Waals surface area contributed by atoms with Crippen LogP contribution in [0.3, 0.4) is 0 Å². The molecule has 0 aliphatic carbocycles. The number of furan rings is 2. The minimum absolute atomic E-state index is 0.259. The molecule has 5 nitrogen and oxygen atoms in total. The molecule has 7 heteroatoms.